The van der Waals surface area contributed by atoms with E-state index in [1.165, 1.54) is 18.4 Å². The highest BCUT2D eigenvalue weighted by molar-refractivity contribution is 6.35. The van der Waals surface area contributed by atoms with Gasteiger partial charge in [0.15, 0.2) is 0 Å². The van der Waals surface area contributed by atoms with E-state index >= 15 is 0 Å². The molecular weight excluding hydrogens is 458 g/mol. The second-order valence-corrected chi connectivity index (χ2v) is 10.6. The van der Waals surface area contributed by atoms with Gasteiger partial charge >= 0.3 is 0 Å². The number of halogens is 1. The van der Waals surface area contributed by atoms with Crippen LogP contribution in [-0.2, 0) is 12.0 Å². The molecule has 0 aliphatic heterocycles. The number of likely N-dealkylation sites (N-methyl/N-ethyl adjacent to an activating group) is 1. The SMILES string of the molecule is C=CN(C)C(=NC)C1(c2cccc(-n3cc(Cl)c4cc(CNCCC)[nH]c4c3=O)c2)CC2(CC2)C1. The molecule has 7 heteroatoms. The standard InChI is InChI=1S/C28H34ClN5O/c1-5-12-31-15-20-14-22-23(29)16-34(25(35)24(22)32-20)21-9-7-8-19(13-21)28(17-27(18-28)10-11-27)26(30-3)33(4)6-2/h6-9,13-14,16,31-32H,2,5,10-12,15,17-18H2,1,3-4H3. The second kappa shape index (κ2) is 8.99. The van der Waals surface area contributed by atoms with Crippen molar-refractivity contribution in [1.29, 1.82) is 0 Å². The van der Waals surface area contributed by atoms with Crippen LogP contribution in [0.5, 0.6) is 0 Å². The number of aromatic nitrogens is 2. The van der Waals surface area contributed by atoms with Crippen molar-refractivity contribution in [2.45, 2.75) is 51.0 Å². The first kappa shape index (κ1) is 23.9. The highest BCUT2D eigenvalue weighted by atomic mass is 35.5. The lowest BCUT2D eigenvalue weighted by molar-refractivity contribution is 0.173. The minimum absolute atomic E-state index is 0.0998. The summed E-state index contributed by atoms with van der Waals surface area (Å²) in [6, 6.07) is 10.3. The van der Waals surface area contributed by atoms with Gasteiger partial charge in [-0.05, 0) is 74.0 Å². The molecule has 184 valence electrons. The number of hydrogen-bond acceptors (Lipinski definition) is 3. The van der Waals surface area contributed by atoms with Crippen molar-refractivity contribution < 1.29 is 0 Å². The fourth-order valence-corrected chi connectivity index (χ4v) is 6.16. The molecule has 2 aliphatic carbocycles. The first-order valence-corrected chi connectivity index (χ1v) is 12.8. The molecule has 2 aromatic heterocycles. The normalized spacial score (nSPS) is 18.0. The number of hydrogen-bond donors (Lipinski definition) is 2. The Hall–Kier alpha value is -2.83. The number of fused-ring (bicyclic) bond motifs is 1. The van der Waals surface area contributed by atoms with Crippen LogP contribution in [0.15, 0.2) is 59.1 Å². The maximum atomic E-state index is 13.5. The van der Waals surface area contributed by atoms with E-state index in [0.29, 0.717) is 22.5 Å². The van der Waals surface area contributed by atoms with Crippen molar-refractivity contribution >= 4 is 28.3 Å². The summed E-state index contributed by atoms with van der Waals surface area (Å²) in [7, 11) is 3.87. The van der Waals surface area contributed by atoms with Gasteiger partial charge in [-0.2, -0.15) is 0 Å². The summed E-state index contributed by atoms with van der Waals surface area (Å²) in [4.78, 5) is 23.6. The highest BCUT2D eigenvalue weighted by Gasteiger charge is 2.63. The summed E-state index contributed by atoms with van der Waals surface area (Å²) in [5.41, 5.74) is 3.67. The molecule has 2 heterocycles. The van der Waals surface area contributed by atoms with Crippen LogP contribution < -0.4 is 10.9 Å². The second-order valence-electron chi connectivity index (χ2n) is 10.2. The Bertz CT molecular complexity index is 1360. The summed E-state index contributed by atoms with van der Waals surface area (Å²) >= 11 is 6.67. The van der Waals surface area contributed by atoms with Crippen molar-refractivity contribution in [1.82, 2.24) is 19.8 Å². The fraction of sp³-hybridized carbons (Fsp3) is 0.429. The largest absolute Gasteiger partial charge is 0.353 e. The van der Waals surface area contributed by atoms with Crippen molar-refractivity contribution in [2.75, 3.05) is 20.6 Å². The van der Waals surface area contributed by atoms with Crippen LogP contribution >= 0.6 is 11.6 Å². The van der Waals surface area contributed by atoms with Gasteiger partial charge in [-0.1, -0.05) is 37.2 Å². The van der Waals surface area contributed by atoms with Crippen LogP contribution in [0, 0.1) is 5.41 Å². The Morgan fingerprint density at radius 2 is 2.11 bits per heavy atom. The Morgan fingerprint density at radius 3 is 2.77 bits per heavy atom. The zero-order valence-corrected chi connectivity index (χ0v) is 21.6. The molecule has 1 aromatic carbocycles. The lowest BCUT2D eigenvalue weighted by Crippen LogP contribution is -2.53. The molecule has 0 amide bonds. The van der Waals surface area contributed by atoms with E-state index in [4.69, 9.17) is 16.6 Å². The van der Waals surface area contributed by atoms with E-state index in [1.807, 2.05) is 43.4 Å². The molecule has 5 rings (SSSR count). The maximum absolute atomic E-state index is 13.5. The number of aromatic amines is 1. The number of pyridine rings is 1. The summed E-state index contributed by atoms with van der Waals surface area (Å²) in [5, 5.41) is 4.69. The van der Waals surface area contributed by atoms with Gasteiger partial charge in [0, 0.05) is 43.6 Å². The van der Waals surface area contributed by atoms with E-state index in [9.17, 15) is 4.79 Å². The van der Waals surface area contributed by atoms with Crippen LogP contribution in [0.1, 0.15) is 50.3 Å². The molecule has 2 saturated carbocycles. The van der Waals surface area contributed by atoms with Crippen LogP contribution in [0.3, 0.4) is 0 Å². The van der Waals surface area contributed by atoms with Crippen LogP contribution in [0.25, 0.3) is 16.6 Å². The highest BCUT2D eigenvalue weighted by Crippen LogP contribution is 2.69. The Kier molecular flexibility index (Phi) is 6.14. The smallest absolute Gasteiger partial charge is 0.279 e. The summed E-state index contributed by atoms with van der Waals surface area (Å²) in [5.74, 6) is 1.02. The molecule has 2 N–H and O–H groups in total. The predicted molar refractivity (Wildman–Crippen MR) is 145 cm³/mol. The van der Waals surface area contributed by atoms with Crippen LogP contribution in [0.4, 0.5) is 0 Å². The number of benzene rings is 1. The van der Waals surface area contributed by atoms with Crippen LogP contribution in [0.2, 0.25) is 5.02 Å². The lowest BCUT2D eigenvalue weighted by Gasteiger charge is -2.51. The van der Waals surface area contributed by atoms with E-state index in [-0.39, 0.29) is 11.0 Å². The van der Waals surface area contributed by atoms with Gasteiger partial charge in [0.25, 0.3) is 5.56 Å². The topological polar surface area (TPSA) is 65.4 Å². The van der Waals surface area contributed by atoms with Crippen molar-refractivity contribution in [3.05, 3.63) is 75.9 Å². The predicted octanol–water partition coefficient (Wildman–Crippen LogP) is 5.39. The fourth-order valence-electron chi connectivity index (χ4n) is 5.92. The van der Waals surface area contributed by atoms with Gasteiger partial charge in [0.2, 0.25) is 0 Å². The summed E-state index contributed by atoms with van der Waals surface area (Å²) in [6.45, 7) is 7.69. The minimum atomic E-state index is -0.174. The van der Waals surface area contributed by atoms with Gasteiger partial charge < -0.3 is 15.2 Å². The number of H-pyrrole nitrogens is 1. The van der Waals surface area contributed by atoms with Crippen LogP contribution in [-0.4, -0.2) is 40.9 Å². The Morgan fingerprint density at radius 1 is 1.34 bits per heavy atom. The van der Waals surface area contributed by atoms with Gasteiger partial charge in [-0.15, -0.1) is 0 Å². The van der Waals surface area contributed by atoms with Crippen molar-refractivity contribution in [2.24, 2.45) is 10.4 Å². The third-order valence-corrected chi connectivity index (χ3v) is 8.08. The van der Waals surface area contributed by atoms with Crippen molar-refractivity contribution in [3.63, 3.8) is 0 Å². The summed E-state index contributed by atoms with van der Waals surface area (Å²) in [6.07, 6.45) is 9.35. The molecule has 0 radical (unpaired) electrons. The average molecular weight is 492 g/mol. The molecule has 3 aromatic rings. The molecule has 1 spiro atoms. The molecule has 0 atom stereocenters. The first-order valence-electron chi connectivity index (χ1n) is 12.4. The minimum Gasteiger partial charge on any atom is -0.353 e. The molecule has 6 nitrogen and oxygen atoms in total. The van der Waals surface area contributed by atoms with Gasteiger partial charge in [-0.25, -0.2) is 0 Å². The van der Waals surface area contributed by atoms with Gasteiger partial charge in [-0.3, -0.25) is 14.4 Å². The summed E-state index contributed by atoms with van der Waals surface area (Å²) < 4.78 is 1.66. The van der Waals surface area contributed by atoms with E-state index in [2.05, 4.69) is 35.9 Å². The number of nitrogens with one attached hydrogen (secondary N) is 2. The maximum Gasteiger partial charge on any atom is 0.279 e. The van der Waals surface area contributed by atoms with E-state index in [1.54, 1.807) is 10.8 Å². The molecule has 0 unspecified atom stereocenters. The molecule has 2 aliphatic rings. The van der Waals surface area contributed by atoms with Crippen molar-refractivity contribution in [3.8, 4) is 5.69 Å². The third kappa shape index (κ3) is 4.03. The van der Waals surface area contributed by atoms with E-state index < -0.39 is 0 Å². The zero-order chi connectivity index (χ0) is 24.8. The number of nitrogens with zero attached hydrogens (tertiary/aromatic N) is 3. The first-order chi connectivity index (χ1) is 16.9. The average Bonchev–Trinajstić information content (AvgIpc) is 3.51. The van der Waals surface area contributed by atoms with Gasteiger partial charge in [0.1, 0.15) is 11.4 Å². The van der Waals surface area contributed by atoms with Gasteiger partial charge in [0.05, 0.1) is 10.4 Å². The number of aliphatic imine (C=N–C) groups is 1. The molecule has 35 heavy (non-hydrogen) atoms. The molecular formula is C28H34ClN5O. The lowest BCUT2D eigenvalue weighted by atomic mass is 9.55. The quantitative estimate of drug-likeness (QED) is 0.252. The Balaban J connectivity index is 1.56. The van der Waals surface area contributed by atoms with E-state index in [0.717, 1.165) is 48.4 Å². The molecule has 0 saturated heterocycles. The number of rotatable bonds is 8. The third-order valence-electron chi connectivity index (χ3n) is 7.78. The molecule has 0 bridgehead atoms. The molecule has 2 fully saturated rings. The number of amidine groups is 1. The monoisotopic (exact) mass is 491 g/mol. The zero-order valence-electron chi connectivity index (χ0n) is 20.8. The Labute approximate surface area is 211 Å².